The van der Waals surface area contributed by atoms with Gasteiger partial charge in [0.2, 0.25) is 0 Å². The first kappa shape index (κ1) is 29.9. The number of carbonyl (C=O) groups excluding carboxylic acids is 1. The quantitative estimate of drug-likeness (QED) is 0.377. The summed E-state index contributed by atoms with van der Waals surface area (Å²) < 4.78 is 49.7. The van der Waals surface area contributed by atoms with E-state index < -0.39 is 11.7 Å². The van der Waals surface area contributed by atoms with Crippen LogP contribution in [0.4, 0.5) is 13.2 Å². The van der Waals surface area contributed by atoms with Crippen molar-refractivity contribution in [3.63, 3.8) is 0 Å². The van der Waals surface area contributed by atoms with Crippen molar-refractivity contribution in [1.82, 2.24) is 15.1 Å². The van der Waals surface area contributed by atoms with Crippen molar-refractivity contribution < 1.29 is 27.4 Å². The molecule has 1 heterocycles. The first-order valence-corrected chi connectivity index (χ1v) is 13.4. The van der Waals surface area contributed by atoms with E-state index in [1.165, 1.54) is 28.8 Å². The second-order valence-electron chi connectivity index (χ2n) is 9.58. The number of ether oxygens (including phenoxy) is 2. The minimum Gasteiger partial charge on any atom is -0.493 e. The molecule has 0 saturated carbocycles. The van der Waals surface area contributed by atoms with E-state index in [1.54, 1.807) is 4.90 Å². The number of amides is 1. The lowest BCUT2D eigenvalue weighted by Crippen LogP contribution is -2.49. The molecule has 2 aromatic rings. The highest BCUT2D eigenvalue weighted by atomic mass is 19.4. The summed E-state index contributed by atoms with van der Waals surface area (Å²) in [7, 11) is 0. The van der Waals surface area contributed by atoms with E-state index in [9.17, 15) is 18.0 Å². The first-order valence-electron chi connectivity index (χ1n) is 13.4. The summed E-state index contributed by atoms with van der Waals surface area (Å²) in [5, 5.41) is 3.34. The molecular formula is C29H40F3N3O3. The normalized spacial score (nSPS) is 14.6. The molecule has 0 bridgehead atoms. The number of piperazine rings is 1. The second-order valence-corrected chi connectivity index (χ2v) is 9.58. The standard InChI is InChI=1S/C29H40F3N3O3/c1-4-37-21-14-33-13-5-20-38-27-11-8-24(22(2)23(27)3)12-15-34-16-18-35(19-17-34)28(36)25-6-9-26(10-7-25)29(30,31)32/h6-11,33H,4-5,12-21H2,1-3H3. The Morgan fingerprint density at radius 1 is 0.947 bits per heavy atom. The maximum absolute atomic E-state index is 12.8. The van der Waals surface area contributed by atoms with Crippen molar-refractivity contribution in [2.45, 2.75) is 39.8 Å². The van der Waals surface area contributed by atoms with E-state index in [4.69, 9.17) is 9.47 Å². The number of hydrogen-bond donors (Lipinski definition) is 1. The summed E-state index contributed by atoms with van der Waals surface area (Å²) in [5.41, 5.74) is 3.24. The Hall–Kier alpha value is -2.62. The fraction of sp³-hybridized carbons (Fsp3) is 0.552. The predicted molar refractivity (Wildman–Crippen MR) is 143 cm³/mol. The number of nitrogens with one attached hydrogen (secondary N) is 1. The van der Waals surface area contributed by atoms with Gasteiger partial charge in [-0.3, -0.25) is 9.69 Å². The smallest absolute Gasteiger partial charge is 0.416 e. The average molecular weight is 536 g/mol. The molecule has 9 heteroatoms. The molecule has 38 heavy (non-hydrogen) atoms. The zero-order chi connectivity index (χ0) is 27.5. The van der Waals surface area contributed by atoms with Gasteiger partial charge in [-0.25, -0.2) is 0 Å². The Morgan fingerprint density at radius 2 is 1.66 bits per heavy atom. The topological polar surface area (TPSA) is 54.0 Å². The first-order chi connectivity index (χ1) is 18.2. The third-order valence-electron chi connectivity index (χ3n) is 7.05. The van der Waals surface area contributed by atoms with Crippen LogP contribution < -0.4 is 10.1 Å². The summed E-state index contributed by atoms with van der Waals surface area (Å²) in [5.74, 6) is 0.706. The largest absolute Gasteiger partial charge is 0.493 e. The van der Waals surface area contributed by atoms with Gasteiger partial charge in [-0.05, 0) is 87.2 Å². The van der Waals surface area contributed by atoms with Gasteiger partial charge in [-0.2, -0.15) is 13.2 Å². The fourth-order valence-electron chi connectivity index (χ4n) is 4.51. The van der Waals surface area contributed by atoms with E-state index in [0.717, 1.165) is 76.7 Å². The average Bonchev–Trinajstić information content (AvgIpc) is 2.91. The van der Waals surface area contributed by atoms with Crippen LogP contribution in [0.5, 0.6) is 5.75 Å². The number of halogens is 3. The molecule has 0 aliphatic carbocycles. The molecule has 210 valence electrons. The summed E-state index contributed by atoms with van der Waals surface area (Å²) >= 11 is 0. The van der Waals surface area contributed by atoms with Gasteiger partial charge >= 0.3 is 6.18 Å². The Balaban J connectivity index is 1.40. The number of nitrogens with zero attached hydrogens (tertiary/aromatic N) is 2. The van der Waals surface area contributed by atoms with Crippen LogP contribution in [-0.2, 0) is 17.3 Å². The van der Waals surface area contributed by atoms with Crippen LogP contribution in [0.15, 0.2) is 36.4 Å². The zero-order valence-corrected chi connectivity index (χ0v) is 22.7. The summed E-state index contributed by atoms with van der Waals surface area (Å²) in [6.07, 6.45) is -2.57. The van der Waals surface area contributed by atoms with E-state index in [2.05, 4.69) is 36.2 Å². The molecule has 1 aliphatic rings. The highest BCUT2D eigenvalue weighted by molar-refractivity contribution is 5.94. The lowest BCUT2D eigenvalue weighted by atomic mass is 9.99. The monoisotopic (exact) mass is 535 g/mol. The molecule has 1 fully saturated rings. The maximum atomic E-state index is 12.8. The molecule has 2 aromatic carbocycles. The molecule has 1 aliphatic heterocycles. The highest BCUT2D eigenvalue weighted by Crippen LogP contribution is 2.29. The molecule has 0 atom stereocenters. The maximum Gasteiger partial charge on any atom is 0.416 e. The van der Waals surface area contributed by atoms with Gasteiger partial charge in [0, 0.05) is 51.4 Å². The van der Waals surface area contributed by atoms with Crippen LogP contribution in [-0.4, -0.2) is 81.3 Å². The molecule has 3 rings (SSSR count). The minimum absolute atomic E-state index is 0.221. The van der Waals surface area contributed by atoms with Crippen LogP contribution >= 0.6 is 0 Å². The van der Waals surface area contributed by atoms with Crippen molar-refractivity contribution in [2.24, 2.45) is 0 Å². The van der Waals surface area contributed by atoms with Gasteiger partial charge in [0.1, 0.15) is 5.75 Å². The zero-order valence-electron chi connectivity index (χ0n) is 22.7. The number of carbonyl (C=O) groups is 1. The molecule has 0 aromatic heterocycles. The van der Waals surface area contributed by atoms with Gasteiger partial charge in [-0.1, -0.05) is 6.07 Å². The van der Waals surface area contributed by atoms with Crippen molar-refractivity contribution in [3.05, 3.63) is 64.2 Å². The Morgan fingerprint density at radius 3 is 2.32 bits per heavy atom. The van der Waals surface area contributed by atoms with Crippen LogP contribution in [0, 0.1) is 13.8 Å². The Labute approximate surface area is 224 Å². The molecule has 6 nitrogen and oxygen atoms in total. The van der Waals surface area contributed by atoms with Crippen molar-refractivity contribution in [1.29, 1.82) is 0 Å². The molecule has 0 radical (unpaired) electrons. The molecule has 0 spiro atoms. The number of alkyl halides is 3. The number of rotatable bonds is 13. The molecule has 1 saturated heterocycles. The fourth-order valence-corrected chi connectivity index (χ4v) is 4.51. The number of hydrogen-bond acceptors (Lipinski definition) is 5. The Kier molecular flexibility index (Phi) is 11.4. The SMILES string of the molecule is CCOCCNCCCOc1ccc(CCN2CCN(C(=O)c3ccc(C(F)(F)F)cc3)CC2)c(C)c1C. The van der Waals surface area contributed by atoms with Crippen molar-refractivity contribution >= 4 is 5.91 Å². The summed E-state index contributed by atoms with van der Waals surface area (Å²) in [4.78, 5) is 16.8. The molecular weight excluding hydrogens is 495 g/mol. The van der Waals surface area contributed by atoms with Gasteiger partial charge in [-0.15, -0.1) is 0 Å². The van der Waals surface area contributed by atoms with Crippen LogP contribution in [0.25, 0.3) is 0 Å². The summed E-state index contributed by atoms with van der Waals surface area (Å²) in [6, 6.07) is 8.65. The van der Waals surface area contributed by atoms with Gasteiger partial charge in [0.05, 0.1) is 18.8 Å². The highest BCUT2D eigenvalue weighted by Gasteiger charge is 2.30. The molecule has 0 unspecified atom stereocenters. The van der Waals surface area contributed by atoms with Gasteiger partial charge in [0.15, 0.2) is 0 Å². The molecule has 1 N–H and O–H groups in total. The second kappa shape index (κ2) is 14.5. The van der Waals surface area contributed by atoms with E-state index >= 15 is 0 Å². The third kappa shape index (κ3) is 8.71. The lowest BCUT2D eigenvalue weighted by Gasteiger charge is -2.35. The van der Waals surface area contributed by atoms with E-state index in [0.29, 0.717) is 19.7 Å². The van der Waals surface area contributed by atoms with E-state index in [-0.39, 0.29) is 11.5 Å². The lowest BCUT2D eigenvalue weighted by molar-refractivity contribution is -0.137. The summed E-state index contributed by atoms with van der Waals surface area (Å²) in [6.45, 7) is 13.6. The van der Waals surface area contributed by atoms with Crippen LogP contribution in [0.3, 0.4) is 0 Å². The molecule has 1 amide bonds. The predicted octanol–water partition coefficient (Wildman–Crippen LogP) is 4.72. The minimum atomic E-state index is -4.40. The van der Waals surface area contributed by atoms with Crippen LogP contribution in [0.1, 0.15) is 46.0 Å². The van der Waals surface area contributed by atoms with Crippen LogP contribution in [0.2, 0.25) is 0 Å². The van der Waals surface area contributed by atoms with Gasteiger partial charge in [0.25, 0.3) is 5.91 Å². The van der Waals surface area contributed by atoms with E-state index in [1.807, 2.05) is 6.92 Å². The third-order valence-corrected chi connectivity index (χ3v) is 7.05. The Bertz CT molecular complexity index is 1020. The number of benzene rings is 2. The van der Waals surface area contributed by atoms with Crippen molar-refractivity contribution in [2.75, 3.05) is 65.6 Å². The van der Waals surface area contributed by atoms with Gasteiger partial charge < -0.3 is 19.7 Å². The van der Waals surface area contributed by atoms with Crippen molar-refractivity contribution in [3.8, 4) is 5.75 Å².